The van der Waals surface area contributed by atoms with Crippen LogP contribution in [0, 0.1) is 99.8 Å². The summed E-state index contributed by atoms with van der Waals surface area (Å²) in [7, 11) is 0. The molecular formula is C20H20GdN11O13. The molecule has 241 valence electrons. The van der Waals surface area contributed by atoms with Gasteiger partial charge in [0.2, 0.25) is 0 Å². The van der Waals surface area contributed by atoms with Gasteiger partial charge in [0.15, 0.2) is 11.5 Å². The summed E-state index contributed by atoms with van der Waals surface area (Å²) in [5, 5.41) is 51.8. The molecule has 0 atom stereocenters. The molecule has 0 spiro atoms. The van der Waals surface area contributed by atoms with Crippen molar-refractivity contribution in [1.82, 2.24) is 30.8 Å². The van der Waals surface area contributed by atoms with Crippen LogP contribution in [0.25, 0.3) is 0 Å². The van der Waals surface area contributed by atoms with Crippen LogP contribution in [0.15, 0.2) is 68.5 Å². The van der Waals surface area contributed by atoms with Gasteiger partial charge in [0, 0.05) is 11.4 Å². The number of hydrogen-bond acceptors (Lipinski definition) is 17. The summed E-state index contributed by atoms with van der Waals surface area (Å²) in [4.78, 5) is 61.3. The number of aromatic nitrogens is 4. The molecule has 4 rings (SSSR count). The number of nitrogens with zero attached hydrogens (tertiary/aromatic N) is 7. The molecule has 0 unspecified atom stereocenters. The normalized spacial score (nSPS) is 9.29. The molecule has 4 heterocycles. The quantitative estimate of drug-likeness (QED) is 0.122. The average molecular weight is 780 g/mol. The van der Waals surface area contributed by atoms with Crippen LogP contribution in [0.1, 0.15) is 43.9 Å². The van der Waals surface area contributed by atoms with Crippen LogP contribution >= 0.6 is 0 Å². The Morgan fingerprint density at radius 3 is 1.27 bits per heavy atom. The van der Waals surface area contributed by atoms with Crippen LogP contribution in [0.2, 0.25) is 0 Å². The molecule has 0 aliphatic rings. The number of imidazole rings is 2. The van der Waals surface area contributed by atoms with E-state index >= 15 is 0 Å². The summed E-state index contributed by atoms with van der Waals surface area (Å²) in [6.45, 7) is 3.73. The SMILES string of the molecule is Cc1[nH]cnc1/C=N/NC(=O)c1ccco1.Cc1[nH]cnc1/C=N/NC(=O)c1ccco1.O=[N+]([O-])[O-].O=[N+]([O-])[O-].O=[N+]([O-])[O-].[Gd+3]. The maximum absolute atomic E-state index is 11.4. The van der Waals surface area contributed by atoms with Gasteiger partial charge in [0.25, 0.3) is 0 Å². The van der Waals surface area contributed by atoms with Gasteiger partial charge in [-0.15, -0.1) is 0 Å². The van der Waals surface area contributed by atoms with E-state index in [4.69, 9.17) is 54.8 Å². The molecule has 4 N–H and O–H groups in total. The van der Waals surface area contributed by atoms with Crippen molar-refractivity contribution in [2.75, 3.05) is 0 Å². The van der Waals surface area contributed by atoms with Crippen molar-refractivity contribution in [2.24, 2.45) is 10.2 Å². The molecule has 25 heteroatoms. The number of hydrogen-bond donors (Lipinski definition) is 4. The smallest absolute Gasteiger partial charge is 0.459 e. The van der Waals surface area contributed by atoms with Gasteiger partial charge >= 0.3 is 51.8 Å². The number of H-pyrrole nitrogens is 2. The van der Waals surface area contributed by atoms with Crippen molar-refractivity contribution in [1.29, 1.82) is 0 Å². The number of rotatable bonds is 6. The van der Waals surface area contributed by atoms with Crippen LogP contribution in [-0.4, -0.2) is 59.4 Å². The van der Waals surface area contributed by atoms with Crippen LogP contribution in [0.4, 0.5) is 0 Å². The van der Waals surface area contributed by atoms with Gasteiger partial charge in [0.05, 0.1) is 52.9 Å². The first kappa shape index (κ1) is 41.3. The third-order valence-corrected chi connectivity index (χ3v) is 3.93. The Labute approximate surface area is 281 Å². The van der Waals surface area contributed by atoms with Crippen molar-refractivity contribution in [3.8, 4) is 0 Å². The fraction of sp³-hybridized carbons (Fsp3) is 0.100. The molecule has 45 heavy (non-hydrogen) atoms. The van der Waals surface area contributed by atoms with Gasteiger partial charge in [-0.3, -0.25) is 9.59 Å². The molecule has 0 bridgehead atoms. The van der Waals surface area contributed by atoms with Crippen LogP contribution in [0.3, 0.4) is 0 Å². The van der Waals surface area contributed by atoms with E-state index in [1.807, 2.05) is 13.8 Å². The summed E-state index contributed by atoms with van der Waals surface area (Å²) in [5.74, 6) is -0.351. The zero-order valence-electron chi connectivity index (χ0n) is 22.6. The zero-order valence-corrected chi connectivity index (χ0v) is 24.8. The van der Waals surface area contributed by atoms with Gasteiger partial charge in [-0.25, -0.2) is 20.8 Å². The van der Waals surface area contributed by atoms with Gasteiger partial charge in [-0.2, -0.15) is 10.2 Å². The Hall–Kier alpha value is -5.82. The van der Waals surface area contributed by atoms with E-state index in [1.54, 1.807) is 36.9 Å². The van der Waals surface area contributed by atoms with Gasteiger partial charge in [-0.05, 0) is 38.1 Å². The number of hydrazone groups is 2. The summed E-state index contributed by atoms with van der Waals surface area (Å²) < 4.78 is 9.80. The Morgan fingerprint density at radius 2 is 1.04 bits per heavy atom. The number of amides is 2. The molecule has 0 aliphatic carbocycles. The first-order valence-electron chi connectivity index (χ1n) is 10.9. The Kier molecular flexibility index (Phi) is 21.8. The minimum atomic E-state index is -1.75. The predicted octanol–water partition coefficient (Wildman–Crippen LogP) is 1.43. The Morgan fingerprint density at radius 1 is 0.733 bits per heavy atom. The van der Waals surface area contributed by atoms with E-state index in [1.165, 1.54) is 25.0 Å². The maximum atomic E-state index is 11.4. The molecule has 0 saturated heterocycles. The van der Waals surface area contributed by atoms with Crippen molar-refractivity contribution in [2.45, 2.75) is 13.8 Å². The number of furan rings is 2. The second kappa shape index (κ2) is 23.7. The number of nitrogens with one attached hydrogen (secondary N) is 4. The third kappa shape index (κ3) is 21.5. The Balaban J connectivity index is 0. The largest absolute Gasteiger partial charge is 3.00 e. The fourth-order valence-electron chi connectivity index (χ4n) is 2.23. The van der Waals surface area contributed by atoms with E-state index in [2.05, 4.69) is 41.0 Å². The van der Waals surface area contributed by atoms with E-state index in [0.717, 1.165) is 11.4 Å². The molecule has 1 radical (unpaired) electrons. The first-order valence-corrected chi connectivity index (χ1v) is 10.9. The fourth-order valence-corrected chi connectivity index (χ4v) is 2.23. The van der Waals surface area contributed by atoms with Gasteiger partial charge in [-0.1, -0.05) is 0 Å². The summed E-state index contributed by atoms with van der Waals surface area (Å²) >= 11 is 0. The van der Waals surface area contributed by atoms with E-state index in [0.29, 0.717) is 11.4 Å². The minimum Gasteiger partial charge on any atom is -0.459 e. The van der Waals surface area contributed by atoms with Crippen molar-refractivity contribution < 1.29 is 73.6 Å². The van der Waals surface area contributed by atoms with Crippen molar-refractivity contribution in [3.05, 3.63) is 130 Å². The second-order valence-electron chi connectivity index (χ2n) is 6.85. The Bertz CT molecular complexity index is 1370. The van der Waals surface area contributed by atoms with Gasteiger partial charge in [0.1, 0.15) is 11.4 Å². The third-order valence-electron chi connectivity index (χ3n) is 3.93. The van der Waals surface area contributed by atoms with Crippen molar-refractivity contribution >= 4 is 24.2 Å². The number of carbonyl (C=O) groups excluding carboxylic acids is 2. The molecule has 0 fully saturated rings. The molecule has 0 saturated carbocycles. The summed E-state index contributed by atoms with van der Waals surface area (Å²) in [5.41, 5.74) is 7.80. The number of carbonyl (C=O) groups is 2. The molecule has 24 nitrogen and oxygen atoms in total. The summed E-state index contributed by atoms with van der Waals surface area (Å²) in [6.07, 6.45) is 8.91. The minimum absolute atomic E-state index is 0. The second-order valence-corrected chi connectivity index (χ2v) is 6.85. The maximum Gasteiger partial charge on any atom is 3.00 e. The van der Waals surface area contributed by atoms with E-state index in [9.17, 15) is 9.59 Å². The molecule has 0 aliphatic heterocycles. The molecule has 2 amide bonds. The number of aryl methyl sites for hydroxylation is 2. The summed E-state index contributed by atoms with van der Waals surface area (Å²) in [6, 6.07) is 6.39. The standard InChI is InChI=1S/2C10H10N4O2.Gd.3NO3/c2*1-7-8(12-6-11-7)5-13-14-10(15)9-3-2-4-16-9;;3*2-1(3)4/h2*2-6H,1H3,(H,11,12)(H,14,15);;;;/q;;+3;3*-1/b2*13-5+;;;;. The molecule has 4 aromatic heterocycles. The molecular weight excluding hydrogens is 760 g/mol. The molecule has 4 aromatic rings. The average Bonchev–Trinajstić information content (AvgIpc) is 3.74. The van der Waals surface area contributed by atoms with Crippen LogP contribution < -0.4 is 10.9 Å². The monoisotopic (exact) mass is 780 g/mol. The first-order chi connectivity index (χ1) is 20.7. The van der Waals surface area contributed by atoms with Crippen LogP contribution in [0.5, 0.6) is 0 Å². The topological polar surface area (TPSA) is 365 Å². The van der Waals surface area contributed by atoms with Gasteiger partial charge < -0.3 is 64.8 Å². The molecule has 0 aromatic carbocycles. The zero-order chi connectivity index (χ0) is 33.5. The number of aromatic amines is 2. The van der Waals surface area contributed by atoms with Crippen molar-refractivity contribution in [3.63, 3.8) is 0 Å². The van der Waals surface area contributed by atoms with E-state index < -0.39 is 27.1 Å². The predicted molar refractivity (Wildman–Crippen MR) is 145 cm³/mol. The van der Waals surface area contributed by atoms with E-state index in [-0.39, 0.29) is 51.5 Å². The van der Waals surface area contributed by atoms with Crippen LogP contribution in [-0.2, 0) is 0 Å².